The summed E-state index contributed by atoms with van der Waals surface area (Å²) >= 11 is 0. The number of fused-ring (bicyclic) bond motifs is 10. The van der Waals surface area contributed by atoms with Gasteiger partial charge in [0.05, 0.1) is 22.1 Å². The van der Waals surface area contributed by atoms with E-state index in [1.807, 2.05) is 6.07 Å². The van der Waals surface area contributed by atoms with Crippen LogP contribution in [-0.4, -0.2) is 9.13 Å². The predicted octanol–water partition coefficient (Wildman–Crippen LogP) is 13.1. The lowest BCUT2D eigenvalue weighted by Gasteiger charge is -2.11. The van der Waals surface area contributed by atoms with Gasteiger partial charge in [-0.05, 0) is 89.0 Å². The third-order valence-electron chi connectivity index (χ3n) is 10.5. The van der Waals surface area contributed by atoms with Crippen LogP contribution in [0.2, 0.25) is 0 Å². The van der Waals surface area contributed by atoms with Crippen molar-refractivity contribution in [2.75, 3.05) is 0 Å². The Kier molecular flexibility index (Phi) is 5.96. The van der Waals surface area contributed by atoms with Crippen LogP contribution in [0.25, 0.3) is 99.2 Å². The van der Waals surface area contributed by atoms with E-state index in [2.05, 4.69) is 185 Å². The van der Waals surface area contributed by atoms with Crippen molar-refractivity contribution >= 4 is 65.6 Å². The Morgan fingerprint density at radius 2 is 0.882 bits per heavy atom. The molecule has 3 heteroatoms. The Labute approximate surface area is 293 Å². The summed E-state index contributed by atoms with van der Waals surface area (Å²) in [5, 5.41) is 7.12. The van der Waals surface area contributed by atoms with E-state index in [0.717, 1.165) is 38.7 Å². The molecule has 0 saturated carbocycles. The third kappa shape index (κ3) is 4.19. The molecule has 11 rings (SSSR count). The van der Waals surface area contributed by atoms with Gasteiger partial charge in [-0.2, -0.15) is 0 Å². The van der Waals surface area contributed by atoms with E-state index in [0.29, 0.717) is 0 Å². The molecule has 0 fully saturated rings. The lowest BCUT2D eigenvalue weighted by atomic mass is 10.0. The summed E-state index contributed by atoms with van der Waals surface area (Å²) in [6.07, 6.45) is 0. The standard InChI is InChI=1S/C48H30N2O/c1-3-12-31(13-4-1)32-14-11-17-36(28-32)50-45-27-23-34(30-42(45)39-24-25-40-38-19-8-10-21-46(38)51-48(40)47(39)50)33-22-26-44-41(29-33)37-18-7-9-20-43(37)49(44)35-15-5-2-6-16-35/h1-30H. The first-order valence-electron chi connectivity index (χ1n) is 17.4. The number of hydrogen-bond donors (Lipinski definition) is 0. The number of benzene rings is 8. The first kappa shape index (κ1) is 28.0. The van der Waals surface area contributed by atoms with E-state index < -0.39 is 0 Å². The van der Waals surface area contributed by atoms with Gasteiger partial charge in [-0.15, -0.1) is 0 Å². The zero-order valence-electron chi connectivity index (χ0n) is 27.6. The molecule has 0 radical (unpaired) electrons. The Morgan fingerprint density at radius 1 is 0.314 bits per heavy atom. The smallest absolute Gasteiger partial charge is 0.160 e. The van der Waals surface area contributed by atoms with E-state index >= 15 is 0 Å². The maximum atomic E-state index is 6.69. The van der Waals surface area contributed by atoms with Crippen molar-refractivity contribution in [2.24, 2.45) is 0 Å². The largest absolute Gasteiger partial charge is 0.454 e. The molecule has 8 aromatic carbocycles. The second-order valence-corrected chi connectivity index (χ2v) is 13.3. The monoisotopic (exact) mass is 650 g/mol. The van der Waals surface area contributed by atoms with Crippen molar-refractivity contribution in [3.8, 4) is 33.6 Å². The first-order chi connectivity index (χ1) is 25.3. The number of furan rings is 1. The van der Waals surface area contributed by atoms with Crippen LogP contribution in [-0.2, 0) is 0 Å². The number of rotatable bonds is 4. The Balaban J connectivity index is 1.17. The minimum absolute atomic E-state index is 0.901. The molecule has 11 aromatic rings. The quantitative estimate of drug-likeness (QED) is 0.186. The number of aromatic nitrogens is 2. The van der Waals surface area contributed by atoms with Gasteiger partial charge in [-0.1, -0.05) is 115 Å². The van der Waals surface area contributed by atoms with Gasteiger partial charge >= 0.3 is 0 Å². The van der Waals surface area contributed by atoms with Gasteiger partial charge in [0, 0.05) is 43.7 Å². The van der Waals surface area contributed by atoms with Gasteiger partial charge in [0.25, 0.3) is 0 Å². The average molecular weight is 651 g/mol. The second-order valence-electron chi connectivity index (χ2n) is 13.3. The summed E-state index contributed by atoms with van der Waals surface area (Å²) < 4.78 is 11.5. The van der Waals surface area contributed by atoms with Crippen LogP contribution >= 0.6 is 0 Å². The van der Waals surface area contributed by atoms with Crippen LogP contribution in [0.5, 0.6) is 0 Å². The fraction of sp³-hybridized carbons (Fsp3) is 0. The van der Waals surface area contributed by atoms with Gasteiger partial charge in [0.2, 0.25) is 0 Å². The minimum Gasteiger partial charge on any atom is -0.454 e. The normalized spacial score (nSPS) is 11.9. The lowest BCUT2D eigenvalue weighted by Crippen LogP contribution is -1.95. The molecule has 3 heterocycles. The van der Waals surface area contributed by atoms with E-state index in [1.54, 1.807) is 0 Å². The molecule has 0 bridgehead atoms. The van der Waals surface area contributed by atoms with Crippen LogP contribution in [0.4, 0.5) is 0 Å². The summed E-state index contributed by atoms with van der Waals surface area (Å²) in [5.41, 5.74) is 13.5. The SMILES string of the molecule is c1ccc(-c2cccc(-n3c4ccc(-c5ccc6c(c5)c5ccccc5n6-c5ccccc5)cc4c4ccc5c6ccccc6oc5c43)c2)cc1. The van der Waals surface area contributed by atoms with Crippen molar-refractivity contribution in [3.63, 3.8) is 0 Å². The van der Waals surface area contributed by atoms with E-state index in [-0.39, 0.29) is 0 Å². The zero-order chi connectivity index (χ0) is 33.5. The molecular weight excluding hydrogens is 621 g/mol. The summed E-state index contributed by atoms with van der Waals surface area (Å²) in [6.45, 7) is 0. The average Bonchev–Trinajstić information content (AvgIpc) is 3.86. The fourth-order valence-corrected chi connectivity index (χ4v) is 8.19. The Hall–Kier alpha value is -6.84. The van der Waals surface area contributed by atoms with Gasteiger partial charge in [0.1, 0.15) is 5.58 Å². The third-order valence-corrected chi connectivity index (χ3v) is 10.5. The summed E-state index contributed by atoms with van der Waals surface area (Å²) in [5.74, 6) is 0. The van der Waals surface area contributed by atoms with E-state index in [1.165, 1.54) is 60.5 Å². The maximum absolute atomic E-state index is 6.69. The highest BCUT2D eigenvalue weighted by Gasteiger charge is 2.20. The molecule has 0 aliphatic heterocycles. The van der Waals surface area contributed by atoms with Crippen LogP contribution < -0.4 is 0 Å². The number of para-hydroxylation sites is 3. The maximum Gasteiger partial charge on any atom is 0.160 e. The Morgan fingerprint density at radius 3 is 1.69 bits per heavy atom. The highest BCUT2D eigenvalue weighted by Crippen LogP contribution is 2.42. The van der Waals surface area contributed by atoms with Crippen LogP contribution in [0.1, 0.15) is 0 Å². The Bertz CT molecular complexity index is 3130. The fourth-order valence-electron chi connectivity index (χ4n) is 8.19. The molecule has 0 N–H and O–H groups in total. The molecule has 3 nitrogen and oxygen atoms in total. The van der Waals surface area contributed by atoms with E-state index in [9.17, 15) is 0 Å². The number of nitrogens with zero attached hydrogens (tertiary/aromatic N) is 2. The van der Waals surface area contributed by atoms with Gasteiger partial charge in [-0.3, -0.25) is 0 Å². The van der Waals surface area contributed by atoms with Gasteiger partial charge < -0.3 is 13.6 Å². The zero-order valence-corrected chi connectivity index (χ0v) is 27.6. The molecule has 0 saturated heterocycles. The highest BCUT2D eigenvalue weighted by molar-refractivity contribution is 6.22. The molecule has 51 heavy (non-hydrogen) atoms. The molecule has 3 aromatic heterocycles. The van der Waals surface area contributed by atoms with E-state index in [4.69, 9.17) is 4.42 Å². The summed E-state index contributed by atoms with van der Waals surface area (Å²) in [4.78, 5) is 0. The summed E-state index contributed by atoms with van der Waals surface area (Å²) in [6, 6.07) is 65.4. The van der Waals surface area contributed by atoms with Crippen molar-refractivity contribution in [1.29, 1.82) is 0 Å². The minimum atomic E-state index is 0.901. The lowest BCUT2D eigenvalue weighted by molar-refractivity contribution is 0.671. The highest BCUT2D eigenvalue weighted by atomic mass is 16.3. The van der Waals surface area contributed by atoms with Gasteiger partial charge in [0.15, 0.2) is 5.58 Å². The molecule has 238 valence electrons. The molecule has 0 unspecified atom stereocenters. The predicted molar refractivity (Wildman–Crippen MR) is 213 cm³/mol. The molecule has 0 aliphatic rings. The van der Waals surface area contributed by atoms with Gasteiger partial charge in [-0.25, -0.2) is 0 Å². The van der Waals surface area contributed by atoms with Crippen LogP contribution in [0.15, 0.2) is 186 Å². The first-order valence-corrected chi connectivity index (χ1v) is 17.4. The van der Waals surface area contributed by atoms with Crippen molar-refractivity contribution in [2.45, 2.75) is 0 Å². The topological polar surface area (TPSA) is 23.0 Å². The summed E-state index contributed by atoms with van der Waals surface area (Å²) in [7, 11) is 0. The molecular formula is C48H30N2O. The molecule has 0 aliphatic carbocycles. The van der Waals surface area contributed by atoms with Crippen molar-refractivity contribution in [3.05, 3.63) is 182 Å². The second kappa shape index (κ2) is 10.8. The molecule has 0 atom stereocenters. The van der Waals surface area contributed by atoms with Crippen molar-refractivity contribution in [1.82, 2.24) is 9.13 Å². The van der Waals surface area contributed by atoms with Crippen LogP contribution in [0.3, 0.4) is 0 Å². The van der Waals surface area contributed by atoms with Crippen molar-refractivity contribution < 1.29 is 4.42 Å². The van der Waals surface area contributed by atoms with Crippen LogP contribution in [0, 0.1) is 0 Å². The molecule has 0 amide bonds. The molecule has 0 spiro atoms. The number of hydrogen-bond acceptors (Lipinski definition) is 1.